The summed E-state index contributed by atoms with van der Waals surface area (Å²) in [6.45, 7) is 7.41. The molecule has 3 N–H and O–H groups in total. The highest BCUT2D eigenvalue weighted by atomic mass is 32.1. The van der Waals surface area contributed by atoms with E-state index in [9.17, 15) is 4.79 Å². The molecule has 7 nitrogen and oxygen atoms in total. The normalized spacial score (nSPS) is 24.3. The van der Waals surface area contributed by atoms with Gasteiger partial charge in [0, 0.05) is 29.4 Å². The van der Waals surface area contributed by atoms with Crippen molar-refractivity contribution in [1.29, 1.82) is 0 Å². The van der Waals surface area contributed by atoms with E-state index in [1.165, 1.54) is 11.3 Å². The maximum absolute atomic E-state index is 12.2. The van der Waals surface area contributed by atoms with Crippen molar-refractivity contribution in [2.45, 2.75) is 38.8 Å². The number of carbonyl (C=O) groups is 1. The Balaban J connectivity index is 1.37. The van der Waals surface area contributed by atoms with Crippen LogP contribution in [0.3, 0.4) is 0 Å². The number of thiazole rings is 1. The molecule has 3 heterocycles. The lowest BCUT2D eigenvalue weighted by molar-refractivity contribution is 0.137. The third-order valence-electron chi connectivity index (χ3n) is 5.38. The second kappa shape index (κ2) is 9.11. The fraction of sp³-hybridized carbons (Fsp3) is 0.524. The summed E-state index contributed by atoms with van der Waals surface area (Å²) in [6, 6.07) is 6.05. The molecular formula is C21H28N4O3S. The zero-order valence-corrected chi connectivity index (χ0v) is 17.7. The van der Waals surface area contributed by atoms with E-state index in [-0.39, 0.29) is 18.2 Å². The molecule has 0 saturated carbocycles. The first-order valence-electron chi connectivity index (χ1n) is 10.2. The highest BCUT2D eigenvalue weighted by Gasteiger charge is 2.26. The number of anilines is 1. The first-order chi connectivity index (χ1) is 14.1. The number of urea groups is 1. The van der Waals surface area contributed by atoms with E-state index < -0.39 is 0 Å². The molecule has 8 heteroatoms. The second-order valence-corrected chi connectivity index (χ2v) is 8.69. The predicted octanol–water partition coefficient (Wildman–Crippen LogP) is 3.41. The lowest BCUT2D eigenvalue weighted by Gasteiger charge is -2.23. The average Bonchev–Trinajstić information content (AvgIpc) is 3.33. The van der Waals surface area contributed by atoms with E-state index >= 15 is 0 Å². The van der Waals surface area contributed by atoms with Crippen LogP contribution in [0.15, 0.2) is 23.6 Å². The summed E-state index contributed by atoms with van der Waals surface area (Å²) in [5.74, 6) is 1.85. The Kier molecular flexibility index (Phi) is 6.32. The zero-order chi connectivity index (χ0) is 20.2. The Morgan fingerprint density at radius 1 is 1.38 bits per heavy atom. The van der Waals surface area contributed by atoms with Crippen molar-refractivity contribution in [3.8, 4) is 16.3 Å². The quantitative estimate of drug-likeness (QED) is 0.696. The molecule has 29 heavy (non-hydrogen) atoms. The minimum absolute atomic E-state index is 0.105. The molecule has 2 amide bonds. The van der Waals surface area contributed by atoms with Crippen molar-refractivity contribution in [3.05, 3.63) is 29.1 Å². The Labute approximate surface area is 175 Å². The van der Waals surface area contributed by atoms with Crippen molar-refractivity contribution < 1.29 is 14.3 Å². The fourth-order valence-electron chi connectivity index (χ4n) is 3.65. The standard InChI is InChI=1S/C21H28N4O3S/c1-13-8-15(5-6-17(13)28-18-11-27-10-14(18)2)20-24-19(12-29-20)25-21(26)23-16-4-3-7-22-9-16/h5-6,8,12,14,16,18,22H,3-4,7,9-11H2,1-2H3,(H2,23,25,26)/t14-,16-,18+/m0/s1. The van der Waals surface area contributed by atoms with Gasteiger partial charge in [-0.05, 0) is 50.1 Å². The summed E-state index contributed by atoms with van der Waals surface area (Å²) in [4.78, 5) is 16.8. The highest BCUT2D eigenvalue weighted by Crippen LogP contribution is 2.31. The van der Waals surface area contributed by atoms with Crippen LogP contribution in [0.5, 0.6) is 5.75 Å². The predicted molar refractivity (Wildman–Crippen MR) is 115 cm³/mol. The van der Waals surface area contributed by atoms with Crippen LogP contribution in [0.25, 0.3) is 10.6 Å². The average molecular weight is 417 g/mol. The topological polar surface area (TPSA) is 84.5 Å². The third kappa shape index (κ3) is 5.07. The SMILES string of the molecule is Cc1cc(-c2nc(NC(=O)N[C@H]3CCCNC3)cs2)ccc1O[C@@H]1COC[C@@H]1C. The van der Waals surface area contributed by atoms with Gasteiger partial charge in [0.25, 0.3) is 0 Å². The first-order valence-corrected chi connectivity index (χ1v) is 11.1. The molecule has 0 aliphatic carbocycles. The number of nitrogens with zero attached hydrogens (tertiary/aromatic N) is 1. The number of aromatic nitrogens is 1. The van der Waals surface area contributed by atoms with Crippen LogP contribution >= 0.6 is 11.3 Å². The maximum Gasteiger partial charge on any atom is 0.320 e. The highest BCUT2D eigenvalue weighted by molar-refractivity contribution is 7.13. The number of benzene rings is 1. The number of hydrogen-bond acceptors (Lipinski definition) is 6. The van der Waals surface area contributed by atoms with Crippen LogP contribution in [0.2, 0.25) is 0 Å². The molecule has 2 saturated heterocycles. The summed E-state index contributed by atoms with van der Waals surface area (Å²) in [6.07, 6.45) is 2.19. The fourth-order valence-corrected chi connectivity index (χ4v) is 4.40. The van der Waals surface area contributed by atoms with E-state index in [1.807, 2.05) is 24.4 Å². The van der Waals surface area contributed by atoms with Crippen molar-refractivity contribution in [2.24, 2.45) is 5.92 Å². The van der Waals surface area contributed by atoms with Gasteiger partial charge in [-0.15, -0.1) is 11.3 Å². The molecule has 2 aromatic rings. The number of rotatable bonds is 5. The van der Waals surface area contributed by atoms with Crippen molar-refractivity contribution in [2.75, 3.05) is 31.6 Å². The van der Waals surface area contributed by atoms with Crippen LogP contribution in [0.4, 0.5) is 10.6 Å². The smallest absolute Gasteiger partial charge is 0.320 e. The van der Waals surface area contributed by atoms with Crippen LogP contribution in [0.1, 0.15) is 25.3 Å². The van der Waals surface area contributed by atoms with Gasteiger partial charge >= 0.3 is 6.03 Å². The number of ether oxygens (including phenoxy) is 2. The van der Waals surface area contributed by atoms with Crippen LogP contribution in [-0.4, -0.2) is 49.5 Å². The summed E-state index contributed by atoms with van der Waals surface area (Å²) < 4.78 is 11.6. The molecule has 156 valence electrons. The van der Waals surface area contributed by atoms with Crippen LogP contribution in [-0.2, 0) is 4.74 Å². The Bertz CT molecular complexity index is 850. The molecule has 1 aromatic carbocycles. The van der Waals surface area contributed by atoms with Gasteiger partial charge in [-0.25, -0.2) is 9.78 Å². The number of aryl methyl sites for hydroxylation is 1. The zero-order valence-electron chi connectivity index (χ0n) is 16.9. The van der Waals surface area contributed by atoms with Gasteiger partial charge in [0.05, 0.1) is 13.2 Å². The summed E-state index contributed by atoms with van der Waals surface area (Å²) in [5, 5.41) is 11.9. The molecule has 0 radical (unpaired) electrons. The Morgan fingerprint density at radius 3 is 3.00 bits per heavy atom. The molecule has 3 atom stereocenters. The van der Waals surface area contributed by atoms with Crippen molar-refractivity contribution in [3.63, 3.8) is 0 Å². The monoisotopic (exact) mass is 416 g/mol. The minimum Gasteiger partial charge on any atom is -0.487 e. The van der Waals surface area contributed by atoms with Crippen molar-refractivity contribution >= 4 is 23.2 Å². The molecular weight excluding hydrogens is 388 g/mol. The molecule has 0 spiro atoms. The lowest BCUT2D eigenvalue weighted by Crippen LogP contribution is -2.47. The molecule has 4 rings (SSSR count). The molecule has 0 bridgehead atoms. The van der Waals surface area contributed by atoms with E-state index in [2.05, 4.69) is 33.9 Å². The largest absolute Gasteiger partial charge is 0.487 e. The Hall–Kier alpha value is -2.16. The number of hydrogen-bond donors (Lipinski definition) is 3. The minimum atomic E-state index is -0.205. The van der Waals surface area contributed by atoms with Gasteiger partial charge in [0.2, 0.25) is 0 Å². The van der Waals surface area contributed by atoms with E-state index in [0.717, 1.165) is 54.4 Å². The molecule has 0 unspecified atom stereocenters. The van der Waals surface area contributed by atoms with Crippen molar-refractivity contribution in [1.82, 2.24) is 15.6 Å². The van der Waals surface area contributed by atoms with Gasteiger partial charge in [0.1, 0.15) is 22.7 Å². The lowest BCUT2D eigenvalue weighted by atomic mass is 10.1. The Morgan fingerprint density at radius 2 is 2.28 bits per heavy atom. The van der Waals surface area contributed by atoms with E-state index in [0.29, 0.717) is 18.3 Å². The summed E-state index contributed by atoms with van der Waals surface area (Å²) >= 11 is 1.51. The van der Waals surface area contributed by atoms with Gasteiger partial charge in [-0.3, -0.25) is 5.32 Å². The maximum atomic E-state index is 12.2. The van der Waals surface area contributed by atoms with E-state index in [4.69, 9.17) is 9.47 Å². The van der Waals surface area contributed by atoms with E-state index in [1.54, 1.807) is 0 Å². The second-order valence-electron chi connectivity index (χ2n) is 7.83. The number of amides is 2. The van der Waals surface area contributed by atoms with Gasteiger partial charge in [-0.2, -0.15) is 0 Å². The molecule has 2 fully saturated rings. The molecule has 1 aromatic heterocycles. The number of piperidine rings is 1. The third-order valence-corrected chi connectivity index (χ3v) is 6.27. The molecule has 2 aliphatic rings. The van der Waals surface area contributed by atoms with Gasteiger partial charge < -0.3 is 20.1 Å². The van der Waals surface area contributed by atoms with Gasteiger partial charge in [0.15, 0.2) is 0 Å². The van der Waals surface area contributed by atoms with Gasteiger partial charge in [-0.1, -0.05) is 6.92 Å². The molecule has 2 aliphatic heterocycles. The number of nitrogens with one attached hydrogen (secondary N) is 3. The van der Waals surface area contributed by atoms with Crippen LogP contribution < -0.4 is 20.7 Å². The first kappa shape index (κ1) is 20.1. The number of carbonyl (C=O) groups excluding carboxylic acids is 1. The summed E-state index contributed by atoms with van der Waals surface area (Å²) in [5.41, 5.74) is 2.08. The summed E-state index contributed by atoms with van der Waals surface area (Å²) in [7, 11) is 0. The van der Waals surface area contributed by atoms with Crippen LogP contribution in [0, 0.1) is 12.8 Å².